The molecule has 0 bridgehead atoms. The maximum Gasteiger partial charge on any atom is 0.161 e. The van der Waals surface area contributed by atoms with Crippen molar-refractivity contribution in [3.63, 3.8) is 0 Å². The Kier molecular flexibility index (Phi) is 3.57. The predicted molar refractivity (Wildman–Crippen MR) is 68.2 cm³/mol. The fraction of sp³-hybridized carbons (Fsp3) is 0.143. The van der Waals surface area contributed by atoms with Gasteiger partial charge in [-0.15, -0.1) is 0 Å². The van der Waals surface area contributed by atoms with E-state index in [1.165, 1.54) is 7.11 Å². The van der Waals surface area contributed by atoms with Crippen molar-refractivity contribution >= 4 is 6.29 Å². The molecule has 0 spiro atoms. The maximum atomic E-state index is 11.2. The Morgan fingerprint density at radius 2 is 1.89 bits per heavy atom. The molecule has 0 amide bonds. The van der Waals surface area contributed by atoms with Gasteiger partial charge in [0.15, 0.2) is 17.8 Å². The van der Waals surface area contributed by atoms with E-state index in [4.69, 9.17) is 9.47 Å². The van der Waals surface area contributed by atoms with Gasteiger partial charge in [0, 0.05) is 23.5 Å². The lowest BCUT2D eigenvalue weighted by atomic mass is 10.0. The lowest BCUT2D eigenvalue weighted by molar-refractivity contribution is 0.112. The number of nitrogens with zero attached hydrogens (tertiary/aromatic N) is 1. The summed E-state index contributed by atoms with van der Waals surface area (Å²) in [6.45, 7) is 0. The first-order valence-electron chi connectivity index (χ1n) is 5.41. The Hall–Kier alpha value is -2.36. The first-order valence-corrected chi connectivity index (χ1v) is 5.41. The van der Waals surface area contributed by atoms with Gasteiger partial charge in [0.25, 0.3) is 0 Å². The summed E-state index contributed by atoms with van der Waals surface area (Å²) in [5.41, 5.74) is 2.18. The van der Waals surface area contributed by atoms with Crippen molar-refractivity contribution < 1.29 is 14.3 Å². The van der Waals surface area contributed by atoms with E-state index in [0.29, 0.717) is 17.1 Å². The standard InChI is InChI=1S/C14H13NO3/c1-17-13-6-11(9-16)12(7-14(13)18-2)10-4-3-5-15-8-10/h3-9H,1-2H3. The molecule has 2 rings (SSSR count). The Bertz CT molecular complexity index is 552. The molecule has 0 fully saturated rings. The molecule has 92 valence electrons. The molecule has 18 heavy (non-hydrogen) atoms. The molecular formula is C14H13NO3. The molecule has 0 radical (unpaired) electrons. The normalized spacial score (nSPS) is 9.89. The van der Waals surface area contributed by atoms with E-state index in [9.17, 15) is 4.79 Å². The molecular weight excluding hydrogens is 230 g/mol. The van der Waals surface area contributed by atoms with Crippen molar-refractivity contribution in [3.8, 4) is 22.6 Å². The fourth-order valence-corrected chi connectivity index (χ4v) is 1.76. The lowest BCUT2D eigenvalue weighted by Crippen LogP contribution is -1.95. The summed E-state index contributed by atoms with van der Waals surface area (Å²) in [4.78, 5) is 15.2. The molecule has 0 aliphatic rings. The number of aromatic nitrogens is 1. The average Bonchev–Trinajstić information content (AvgIpc) is 2.46. The number of aldehydes is 1. The molecule has 1 aromatic carbocycles. The fourth-order valence-electron chi connectivity index (χ4n) is 1.76. The predicted octanol–water partition coefficient (Wildman–Crippen LogP) is 2.58. The number of carbonyl (C=O) groups is 1. The van der Waals surface area contributed by atoms with E-state index in [0.717, 1.165) is 17.4 Å². The zero-order chi connectivity index (χ0) is 13.0. The van der Waals surface area contributed by atoms with Crippen LogP contribution in [-0.4, -0.2) is 25.5 Å². The van der Waals surface area contributed by atoms with E-state index < -0.39 is 0 Å². The summed E-state index contributed by atoms with van der Waals surface area (Å²) in [6.07, 6.45) is 4.18. The number of hydrogen-bond donors (Lipinski definition) is 0. The highest BCUT2D eigenvalue weighted by molar-refractivity contribution is 5.89. The van der Waals surface area contributed by atoms with E-state index in [-0.39, 0.29) is 0 Å². The third kappa shape index (κ3) is 2.18. The van der Waals surface area contributed by atoms with Gasteiger partial charge in [-0.05, 0) is 23.8 Å². The van der Waals surface area contributed by atoms with Crippen LogP contribution in [0.5, 0.6) is 11.5 Å². The molecule has 1 aromatic heterocycles. The summed E-state index contributed by atoms with van der Waals surface area (Å²) < 4.78 is 10.4. The maximum absolute atomic E-state index is 11.2. The minimum atomic E-state index is 0.534. The van der Waals surface area contributed by atoms with E-state index in [1.807, 2.05) is 12.1 Å². The van der Waals surface area contributed by atoms with Gasteiger partial charge in [-0.25, -0.2) is 0 Å². The van der Waals surface area contributed by atoms with Gasteiger partial charge in [-0.3, -0.25) is 9.78 Å². The van der Waals surface area contributed by atoms with Crippen LogP contribution < -0.4 is 9.47 Å². The minimum Gasteiger partial charge on any atom is -0.493 e. The van der Waals surface area contributed by atoms with Crippen LogP contribution >= 0.6 is 0 Å². The van der Waals surface area contributed by atoms with Crippen molar-refractivity contribution in [2.24, 2.45) is 0 Å². The van der Waals surface area contributed by atoms with E-state index >= 15 is 0 Å². The number of benzene rings is 1. The van der Waals surface area contributed by atoms with Crippen LogP contribution in [-0.2, 0) is 0 Å². The number of rotatable bonds is 4. The van der Waals surface area contributed by atoms with Gasteiger partial charge in [0.1, 0.15) is 0 Å². The van der Waals surface area contributed by atoms with Gasteiger partial charge in [-0.2, -0.15) is 0 Å². The monoisotopic (exact) mass is 243 g/mol. The summed E-state index contributed by atoms with van der Waals surface area (Å²) in [5, 5.41) is 0. The molecule has 0 saturated carbocycles. The Morgan fingerprint density at radius 3 is 2.44 bits per heavy atom. The zero-order valence-electron chi connectivity index (χ0n) is 10.2. The summed E-state index contributed by atoms with van der Waals surface area (Å²) in [7, 11) is 3.10. The zero-order valence-corrected chi connectivity index (χ0v) is 10.2. The van der Waals surface area contributed by atoms with Crippen molar-refractivity contribution in [2.45, 2.75) is 0 Å². The number of carbonyl (C=O) groups excluding carboxylic acids is 1. The highest BCUT2D eigenvalue weighted by atomic mass is 16.5. The van der Waals surface area contributed by atoms with Crippen molar-refractivity contribution in [1.82, 2.24) is 4.98 Å². The molecule has 2 aromatic rings. The first-order chi connectivity index (χ1) is 8.80. The molecule has 0 N–H and O–H groups in total. The van der Waals surface area contributed by atoms with Crippen LogP contribution in [0.1, 0.15) is 10.4 Å². The van der Waals surface area contributed by atoms with Crippen LogP contribution in [0.3, 0.4) is 0 Å². The second-order valence-corrected chi connectivity index (χ2v) is 3.65. The Morgan fingerprint density at radius 1 is 1.17 bits per heavy atom. The van der Waals surface area contributed by atoms with Crippen molar-refractivity contribution in [1.29, 1.82) is 0 Å². The van der Waals surface area contributed by atoms with Gasteiger partial charge in [0.2, 0.25) is 0 Å². The smallest absolute Gasteiger partial charge is 0.161 e. The van der Waals surface area contributed by atoms with Gasteiger partial charge >= 0.3 is 0 Å². The Balaban J connectivity index is 2.63. The molecule has 0 unspecified atom stereocenters. The number of methoxy groups -OCH3 is 2. The second-order valence-electron chi connectivity index (χ2n) is 3.65. The van der Waals surface area contributed by atoms with Gasteiger partial charge < -0.3 is 9.47 Å². The lowest BCUT2D eigenvalue weighted by Gasteiger charge is -2.12. The SMILES string of the molecule is COc1cc(C=O)c(-c2cccnc2)cc1OC. The summed E-state index contributed by atoms with van der Waals surface area (Å²) in [5.74, 6) is 1.12. The van der Waals surface area contributed by atoms with Gasteiger partial charge in [-0.1, -0.05) is 6.07 Å². The van der Waals surface area contributed by atoms with Crippen LogP contribution in [0.25, 0.3) is 11.1 Å². The van der Waals surface area contributed by atoms with E-state index in [2.05, 4.69) is 4.98 Å². The highest BCUT2D eigenvalue weighted by Gasteiger charge is 2.12. The molecule has 0 aliphatic heterocycles. The van der Waals surface area contributed by atoms with Crippen LogP contribution in [0.4, 0.5) is 0 Å². The second kappa shape index (κ2) is 5.31. The van der Waals surface area contributed by atoms with Crippen LogP contribution in [0.15, 0.2) is 36.7 Å². The Labute approximate surface area is 105 Å². The molecule has 1 heterocycles. The third-order valence-corrected chi connectivity index (χ3v) is 2.66. The van der Waals surface area contributed by atoms with Crippen LogP contribution in [0, 0.1) is 0 Å². The van der Waals surface area contributed by atoms with Crippen molar-refractivity contribution in [3.05, 3.63) is 42.2 Å². The minimum absolute atomic E-state index is 0.534. The summed E-state index contributed by atoms with van der Waals surface area (Å²) in [6, 6.07) is 7.15. The number of ether oxygens (including phenoxy) is 2. The molecule has 0 atom stereocenters. The first kappa shape index (κ1) is 12.1. The number of hydrogen-bond acceptors (Lipinski definition) is 4. The van der Waals surface area contributed by atoms with Crippen LogP contribution in [0.2, 0.25) is 0 Å². The average molecular weight is 243 g/mol. The quantitative estimate of drug-likeness (QED) is 0.774. The third-order valence-electron chi connectivity index (χ3n) is 2.66. The number of pyridine rings is 1. The van der Waals surface area contributed by atoms with E-state index in [1.54, 1.807) is 31.6 Å². The topological polar surface area (TPSA) is 48.4 Å². The molecule has 4 heteroatoms. The van der Waals surface area contributed by atoms with Crippen molar-refractivity contribution in [2.75, 3.05) is 14.2 Å². The highest BCUT2D eigenvalue weighted by Crippen LogP contribution is 2.34. The molecule has 4 nitrogen and oxygen atoms in total. The van der Waals surface area contributed by atoms with Gasteiger partial charge in [0.05, 0.1) is 14.2 Å². The molecule has 0 saturated heterocycles. The largest absolute Gasteiger partial charge is 0.493 e. The summed E-state index contributed by atoms with van der Waals surface area (Å²) >= 11 is 0. The molecule has 0 aliphatic carbocycles.